The van der Waals surface area contributed by atoms with Crippen LogP contribution in [0.5, 0.6) is 5.75 Å². The van der Waals surface area contributed by atoms with Gasteiger partial charge in [0.05, 0.1) is 11.5 Å². The lowest BCUT2D eigenvalue weighted by molar-refractivity contribution is -0.385. The standard InChI is InChI=1S/C20H23N3O4/c1-2-27-19-15-17(9-10-18(19)23(25)26)21-11-6-12-22(14-13-21)20(24)16-7-4-3-5-8-16/h3-5,7-10,15H,2,6,11-14H2,1H3. The molecule has 0 saturated carbocycles. The minimum Gasteiger partial charge on any atom is -0.487 e. The number of hydrogen-bond donors (Lipinski definition) is 0. The van der Waals surface area contributed by atoms with Gasteiger partial charge in [0.25, 0.3) is 5.91 Å². The fourth-order valence-corrected chi connectivity index (χ4v) is 3.26. The highest BCUT2D eigenvalue weighted by molar-refractivity contribution is 5.94. The molecule has 0 atom stereocenters. The van der Waals surface area contributed by atoms with Crippen molar-refractivity contribution in [2.75, 3.05) is 37.7 Å². The molecule has 0 radical (unpaired) electrons. The third kappa shape index (κ3) is 4.36. The first kappa shape index (κ1) is 18.7. The summed E-state index contributed by atoms with van der Waals surface area (Å²) in [6.07, 6.45) is 0.833. The third-order valence-electron chi connectivity index (χ3n) is 4.61. The fraction of sp³-hybridized carbons (Fsp3) is 0.350. The van der Waals surface area contributed by atoms with Gasteiger partial charge >= 0.3 is 5.69 Å². The van der Waals surface area contributed by atoms with E-state index in [9.17, 15) is 14.9 Å². The summed E-state index contributed by atoms with van der Waals surface area (Å²) in [4.78, 5) is 27.4. The Hall–Kier alpha value is -3.09. The average Bonchev–Trinajstić information content (AvgIpc) is 2.94. The van der Waals surface area contributed by atoms with E-state index in [2.05, 4.69) is 4.90 Å². The van der Waals surface area contributed by atoms with Crippen molar-refractivity contribution in [3.63, 3.8) is 0 Å². The lowest BCUT2D eigenvalue weighted by Crippen LogP contribution is -2.35. The molecule has 0 unspecified atom stereocenters. The minimum absolute atomic E-state index is 0.0312. The van der Waals surface area contributed by atoms with Crippen molar-refractivity contribution in [3.05, 3.63) is 64.2 Å². The number of nitro benzene ring substituents is 1. The highest BCUT2D eigenvalue weighted by Crippen LogP contribution is 2.32. The second-order valence-corrected chi connectivity index (χ2v) is 6.34. The zero-order valence-corrected chi connectivity index (χ0v) is 15.3. The van der Waals surface area contributed by atoms with Crippen LogP contribution >= 0.6 is 0 Å². The van der Waals surface area contributed by atoms with Gasteiger partial charge in [0.15, 0.2) is 5.75 Å². The number of nitro groups is 1. The molecule has 1 aliphatic rings. The molecule has 3 rings (SSSR count). The van der Waals surface area contributed by atoms with E-state index in [-0.39, 0.29) is 17.3 Å². The van der Waals surface area contributed by atoms with Crippen LogP contribution in [0.25, 0.3) is 0 Å². The molecule has 0 N–H and O–H groups in total. The van der Waals surface area contributed by atoms with E-state index in [1.54, 1.807) is 19.1 Å². The smallest absolute Gasteiger partial charge is 0.311 e. The second-order valence-electron chi connectivity index (χ2n) is 6.34. The van der Waals surface area contributed by atoms with Gasteiger partial charge in [0.1, 0.15) is 0 Å². The van der Waals surface area contributed by atoms with E-state index in [0.717, 1.165) is 18.7 Å². The van der Waals surface area contributed by atoms with Gasteiger partial charge in [-0.05, 0) is 31.5 Å². The topological polar surface area (TPSA) is 75.9 Å². The molecule has 7 nitrogen and oxygen atoms in total. The van der Waals surface area contributed by atoms with Crippen molar-refractivity contribution in [1.82, 2.24) is 4.90 Å². The van der Waals surface area contributed by atoms with E-state index in [4.69, 9.17) is 4.74 Å². The normalized spacial score (nSPS) is 14.6. The molecule has 0 aromatic heterocycles. The molecule has 2 aromatic carbocycles. The summed E-state index contributed by atoms with van der Waals surface area (Å²) in [6, 6.07) is 14.2. The first-order chi connectivity index (χ1) is 13.1. The lowest BCUT2D eigenvalue weighted by Gasteiger charge is -2.24. The average molecular weight is 369 g/mol. The highest BCUT2D eigenvalue weighted by Gasteiger charge is 2.22. The molecule has 1 aliphatic heterocycles. The highest BCUT2D eigenvalue weighted by atomic mass is 16.6. The second kappa shape index (κ2) is 8.53. The van der Waals surface area contributed by atoms with Crippen molar-refractivity contribution in [1.29, 1.82) is 0 Å². The van der Waals surface area contributed by atoms with Gasteiger partial charge in [-0.2, -0.15) is 0 Å². The van der Waals surface area contributed by atoms with Crippen LogP contribution in [0.2, 0.25) is 0 Å². The van der Waals surface area contributed by atoms with Gasteiger partial charge in [0.2, 0.25) is 0 Å². The predicted octanol–water partition coefficient (Wildman–Crippen LogP) is 3.35. The van der Waals surface area contributed by atoms with Crippen molar-refractivity contribution in [2.45, 2.75) is 13.3 Å². The number of ether oxygens (including phenoxy) is 1. The van der Waals surface area contributed by atoms with Crippen molar-refractivity contribution in [2.24, 2.45) is 0 Å². The van der Waals surface area contributed by atoms with Gasteiger partial charge in [0, 0.05) is 49.6 Å². The number of carbonyl (C=O) groups is 1. The molecule has 2 aromatic rings. The van der Waals surface area contributed by atoms with Gasteiger partial charge in [-0.15, -0.1) is 0 Å². The Balaban J connectivity index is 1.73. The molecule has 1 saturated heterocycles. The van der Waals surface area contributed by atoms with Gasteiger partial charge in [-0.3, -0.25) is 14.9 Å². The largest absolute Gasteiger partial charge is 0.487 e. The first-order valence-corrected chi connectivity index (χ1v) is 9.10. The molecule has 1 fully saturated rings. The Morgan fingerprint density at radius 2 is 1.89 bits per heavy atom. The van der Waals surface area contributed by atoms with E-state index in [1.165, 1.54) is 6.07 Å². The van der Waals surface area contributed by atoms with Crippen LogP contribution < -0.4 is 9.64 Å². The number of carbonyl (C=O) groups excluding carboxylic acids is 1. The zero-order valence-electron chi connectivity index (χ0n) is 15.3. The maximum atomic E-state index is 12.7. The minimum atomic E-state index is -0.433. The van der Waals surface area contributed by atoms with Gasteiger partial charge in [-0.25, -0.2) is 0 Å². The summed E-state index contributed by atoms with van der Waals surface area (Å²) in [5.41, 5.74) is 1.54. The quantitative estimate of drug-likeness (QED) is 0.597. The molecule has 0 bridgehead atoms. The Bertz CT molecular complexity index is 810. The summed E-state index contributed by atoms with van der Waals surface area (Å²) in [6.45, 7) is 4.91. The molecular formula is C20H23N3O4. The SMILES string of the molecule is CCOc1cc(N2CCCN(C(=O)c3ccccc3)CC2)ccc1[N+](=O)[O-]. The van der Waals surface area contributed by atoms with Crippen LogP contribution in [0.1, 0.15) is 23.7 Å². The van der Waals surface area contributed by atoms with Crippen molar-refractivity contribution < 1.29 is 14.5 Å². The maximum Gasteiger partial charge on any atom is 0.311 e. The van der Waals surface area contributed by atoms with Crippen LogP contribution in [0.15, 0.2) is 48.5 Å². The summed E-state index contributed by atoms with van der Waals surface area (Å²) in [5.74, 6) is 0.317. The molecular weight excluding hydrogens is 346 g/mol. The molecule has 7 heteroatoms. The Kier molecular flexibility index (Phi) is 5.90. The predicted molar refractivity (Wildman–Crippen MR) is 103 cm³/mol. The summed E-state index contributed by atoms with van der Waals surface area (Å²) >= 11 is 0. The number of amides is 1. The van der Waals surface area contributed by atoms with Gasteiger partial charge in [-0.1, -0.05) is 18.2 Å². The Morgan fingerprint density at radius 3 is 2.59 bits per heavy atom. The fourth-order valence-electron chi connectivity index (χ4n) is 3.26. The van der Waals surface area contributed by atoms with Crippen molar-refractivity contribution >= 4 is 17.3 Å². The molecule has 1 amide bonds. The third-order valence-corrected chi connectivity index (χ3v) is 4.61. The molecule has 0 aliphatic carbocycles. The van der Waals surface area contributed by atoms with Crippen LogP contribution in [0, 0.1) is 10.1 Å². The molecule has 1 heterocycles. The van der Waals surface area contributed by atoms with Crippen LogP contribution in [-0.2, 0) is 0 Å². The van der Waals surface area contributed by atoms with Gasteiger partial charge < -0.3 is 14.5 Å². The van der Waals surface area contributed by atoms with Crippen LogP contribution in [0.3, 0.4) is 0 Å². The maximum absolute atomic E-state index is 12.7. The Labute approximate surface area is 158 Å². The summed E-state index contributed by atoms with van der Waals surface area (Å²) in [5, 5.41) is 11.2. The zero-order chi connectivity index (χ0) is 19.2. The van der Waals surface area contributed by atoms with Crippen LogP contribution in [-0.4, -0.2) is 48.5 Å². The summed E-state index contributed by atoms with van der Waals surface area (Å²) in [7, 11) is 0. The van der Waals surface area contributed by atoms with Crippen molar-refractivity contribution in [3.8, 4) is 5.75 Å². The first-order valence-electron chi connectivity index (χ1n) is 9.10. The number of anilines is 1. The lowest BCUT2D eigenvalue weighted by atomic mass is 10.2. The monoisotopic (exact) mass is 369 g/mol. The number of hydrogen-bond acceptors (Lipinski definition) is 5. The van der Waals surface area contributed by atoms with E-state index < -0.39 is 4.92 Å². The molecule has 142 valence electrons. The van der Waals surface area contributed by atoms with Crippen LogP contribution in [0.4, 0.5) is 11.4 Å². The number of nitrogens with zero attached hydrogens (tertiary/aromatic N) is 3. The van der Waals surface area contributed by atoms with E-state index in [1.807, 2.05) is 35.2 Å². The Morgan fingerprint density at radius 1 is 1.11 bits per heavy atom. The number of rotatable bonds is 5. The molecule has 27 heavy (non-hydrogen) atoms. The number of benzene rings is 2. The van der Waals surface area contributed by atoms with E-state index >= 15 is 0 Å². The summed E-state index contributed by atoms with van der Waals surface area (Å²) < 4.78 is 5.45. The van der Waals surface area contributed by atoms with E-state index in [0.29, 0.717) is 31.8 Å². The molecule has 0 spiro atoms.